The Hall–Kier alpha value is -2.95. The molecule has 168 valence electrons. The first-order valence-corrected chi connectivity index (χ1v) is 11.7. The number of piperidine rings is 1. The molecule has 0 saturated carbocycles. The van der Waals surface area contributed by atoms with Crippen LogP contribution in [0.1, 0.15) is 71.4 Å². The first-order valence-electron chi connectivity index (χ1n) is 11.7. The third-order valence-corrected chi connectivity index (χ3v) is 6.59. The number of rotatable bonds is 6. The van der Waals surface area contributed by atoms with Crippen molar-refractivity contribution in [3.8, 4) is 0 Å². The Labute approximate surface area is 190 Å². The molecule has 0 spiro atoms. The van der Waals surface area contributed by atoms with Gasteiger partial charge in [0.2, 0.25) is 5.91 Å². The summed E-state index contributed by atoms with van der Waals surface area (Å²) in [6.07, 6.45) is 4.62. The van der Waals surface area contributed by atoms with Crippen molar-refractivity contribution >= 4 is 23.3 Å². The molecule has 2 aromatic carbocycles. The van der Waals surface area contributed by atoms with Crippen LogP contribution in [-0.4, -0.2) is 35.6 Å². The Balaban J connectivity index is 1.37. The molecule has 2 atom stereocenters. The lowest BCUT2D eigenvalue weighted by atomic mass is 9.91. The third kappa shape index (κ3) is 5.09. The molecule has 2 unspecified atom stereocenters. The predicted octanol–water partition coefficient (Wildman–Crippen LogP) is 4.90. The van der Waals surface area contributed by atoms with Gasteiger partial charge in [-0.1, -0.05) is 38.1 Å². The summed E-state index contributed by atoms with van der Waals surface area (Å²) in [5.41, 5.74) is 4.29. The summed E-state index contributed by atoms with van der Waals surface area (Å²) in [7, 11) is 0. The molecule has 1 N–H and O–H groups in total. The summed E-state index contributed by atoms with van der Waals surface area (Å²) in [6, 6.07) is 13.0. The second kappa shape index (κ2) is 9.68. The van der Waals surface area contributed by atoms with Gasteiger partial charge in [-0.3, -0.25) is 14.4 Å². The second-order valence-electron chi connectivity index (χ2n) is 9.51. The van der Waals surface area contributed by atoms with Crippen LogP contribution in [0.3, 0.4) is 0 Å². The Morgan fingerprint density at radius 3 is 2.44 bits per heavy atom. The lowest BCUT2D eigenvalue weighted by Crippen LogP contribution is -2.42. The molecule has 0 bridgehead atoms. The van der Waals surface area contributed by atoms with E-state index in [1.54, 1.807) is 12.1 Å². The number of hydrogen-bond donors (Lipinski definition) is 1. The minimum Gasteiger partial charge on any atom is -0.338 e. The number of ketones is 1. The van der Waals surface area contributed by atoms with Crippen molar-refractivity contribution < 1.29 is 14.4 Å². The molecule has 1 aliphatic heterocycles. The second-order valence-corrected chi connectivity index (χ2v) is 9.51. The third-order valence-electron chi connectivity index (χ3n) is 6.59. The van der Waals surface area contributed by atoms with Gasteiger partial charge >= 0.3 is 0 Å². The molecular weight excluding hydrogens is 400 g/mol. The lowest BCUT2D eigenvalue weighted by Gasteiger charge is -2.35. The van der Waals surface area contributed by atoms with E-state index in [4.69, 9.17) is 0 Å². The number of nitrogens with one attached hydrogen (secondary N) is 1. The van der Waals surface area contributed by atoms with E-state index in [9.17, 15) is 14.4 Å². The first-order chi connectivity index (χ1) is 15.4. The molecule has 5 heteroatoms. The fourth-order valence-corrected chi connectivity index (χ4v) is 5.11. The molecule has 0 radical (unpaired) electrons. The molecule has 1 fully saturated rings. The average Bonchev–Trinajstić information content (AvgIpc) is 3.24. The Morgan fingerprint density at radius 2 is 1.66 bits per heavy atom. The van der Waals surface area contributed by atoms with Crippen LogP contribution in [0.5, 0.6) is 0 Å². The Kier molecular flexibility index (Phi) is 6.73. The molecule has 32 heavy (non-hydrogen) atoms. The molecule has 5 nitrogen and oxygen atoms in total. The normalized spacial score (nSPS) is 20.0. The van der Waals surface area contributed by atoms with Crippen molar-refractivity contribution in [1.82, 2.24) is 4.90 Å². The van der Waals surface area contributed by atoms with Crippen LogP contribution >= 0.6 is 0 Å². The molecule has 2 amide bonds. The zero-order valence-electron chi connectivity index (χ0n) is 19.0. The quantitative estimate of drug-likeness (QED) is 0.661. The van der Waals surface area contributed by atoms with E-state index in [2.05, 4.69) is 19.2 Å². The van der Waals surface area contributed by atoms with Gasteiger partial charge in [0, 0.05) is 31.5 Å². The summed E-state index contributed by atoms with van der Waals surface area (Å²) < 4.78 is 0. The zero-order valence-corrected chi connectivity index (χ0v) is 19.0. The van der Waals surface area contributed by atoms with E-state index in [1.807, 2.05) is 35.2 Å². The number of nitrogens with zero attached hydrogens (tertiary/aromatic N) is 1. The van der Waals surface area contributed by atoms with Crippen molar-refractivity contribution in [3.05, 3.63) is 64.7 Å². The van der Waals surface area contributed by atoms with Gasteiger partial charge in [-0.05, 0) is 66.8 Å². The SMILES string of the molecule is CC1CC(C)CN(C(=O)c2ccccc2NC(=O)CCC(=O)c2ccc3c(c2)CCC3)C1. The van der Waals surface area contributed by atoms with Gasteiger partial charge in [-0.2, -0.15) is 0 Å². The molecule has 2 aromatic rings. The van der Waals surface area contributed by atoms with Crippen LogP contribution in [0.25, 0.3) is 0 Å². The molecule has 1 saturated heterocycles. The monoisotopic (exact) mass is 432 g/mol. The molecule has 0 aromatic heterocycles. The van der Waals surface area contributed by atoms with E-state index >= 15 is 0 Å². The van der Waals surface area contributed by atoms with Crippen molar-refractivity contribution in [1.29, 1.82) is 0 Å². The standard InChI is InChI=1S/C27H32N2O3/c1-18-14-19(2)17-29(16-18)27(32)23-8-3-4-9-24(23)28-26(31)13-12-25(30)22-11-10-20-6-5-7-21(20)15-22/h3-4,8-11,15,18-19H,5-7,12-14,16-17H2,1-2H3,(H,28,31). The van der Waals surface area contributed by atoms with E-state index in [0.717, 1.165) is 38.8 Å². The van der Waals surface area contributed by atoms with Crippen molar-refractivity contribution in [2.45, 2.75) is 52.4 Å². The van der Waals surface area contributed by atoms with E-state index in [1.165, 1.54) is 11.1 Å². The summed E-state index contributed by atoms with van der Waals surface area (Å²) in [5.74, 6) is 0.619. The van der Waals surface area contributed by atoms with Crippen LogP contribution < -0.4 is 5.32 Å². The van der Waals surface area contributed by atoms with Gasteiger partial charge in [0.05, 0.1) is 11.3 Å². The summed E-state index contributed by atoms with van der Waals surface area (Å²) in [4.78, 5) is 40.3. The Bertz CT molecular complexity index is 1020. The highest BCUT2D eigenvalue weighted by Gasteiger charge is 2.27. The minimum atomic E-state index is -0.250. The Morgan fingerprint density at radius 1 is 0.938 bits per heavy atom. The van der Waals surface area contributed by atoms with Crippen LogP contribution in [0, 0.1) is 11.8 Å². The molecule has 1 heterocycles. The molecular formula is C27H32N2O3. The largest absolute Gasteiger partial charge is 0.338 e. The smallest absolute Gasteiger partial charge is 0.255 e. The highest BCUT2D eigenvalue weighted by molar-refractivity contribution is 6.05. The average molecular weight is 433 g/mol. The van der Waals surface area contributed by atoms with Crippen molar-refractivity contribution in [2.75, 3.05) is 18.4 Å². The fourth-order valence-electron chi connectivity index (χ4n) is 5.11. The maximum atomic E-state index is 13.2. The van der Waals surface area contributed by atoms with Gasteiger partial charge < -0.3 is 10.2 Å². The topological polar surface area (TPSA) is 66.5 Å². The van der Waals surface area contributed by atoms with Crippen LogP contribution in [0.4, 0.5) is 5.69 Å². The van der Waals surface area contributed by atoms with Gasteiger partial charge in [0.15, 0.2) is 5.78 Å². The van der Waals surface area contributed by atoms with Crippen LogP contribution in [0.15, 0.2) is 42.5 Å². The number of carbonyl (C=O) groups excluding carboxylic acids is 3. The first kappa shape index (κ1) is 22.3. The minimum absolute atomic E-state index is 0.0181. The summed E-state index contributed by atoms with van der Waals surface area (Å²) in [6.45, 7) is 5.81. The van der Waals surface area contributed by atoms with Crippen molar-refractivity contribution in [2.24, 2.45) is 11.8 Å². The zero-order chi connectivity index (χ0) is 22.7. The highest BCUT2D eigenvalue weighted by atomic mass is 16.2. The van der Waals surface area contributed by atoms with Gasteiger partial charge in [-0.25, -0.2) is 0 Å². The van der Waals surface area contributed by atoms with Gasteiger partial charge in [0.25, 0.3) is 5.91 Å². The van der Waals surface area contributed by atoms with Gasteiger partial charge in [-0.15, -0.1) is 0 Å². The molecule has 1 aliphatic carbocycles. The van der Waals surface area contributed by atoms with E-state index in [-0.39, 0.29) is 30.4 Å². The van der Waals surface area contributed by atoms with Crippen molar-refractivity contribution in [3.63, 3.8) is 0 Å². The van der Waals surface area contributed by atoms with Crippen LogP contribution in [0.2, 0.25) is 0 Å². The van der Waals surface area contributed by atoms with Crippen LogP contribution in [-0.2, 0) is 17.6 Å². The number of hydrogen-bond acceptors (Lipinski definition) is 3. The number of Topliss-reactive ketones (excluding diaryl/α,β-unsaturated/α-hetero) is 1. The molecule has 2 aliphatic rings. The number of benzene rings is 2. The maximum absolute atomic E-state index is 13.2. The van der Waals surface area contributed by atoms with E-state index in [0.29, 0.717) is 28.7 Å². The molecule has 4 rings (SSSR count). The maximum Gasteiger partial charge on any atom is 0.255 e. The lowest BCUT2D eigenvalue weighted by molar-refractivity contribution is -0.116. The number of likely N-dealkylation sites (tertiary alicyclic amines) is 1. The fraction of sp³-hybridized carbons (Fsp3) is 0.444. The van der Waals surface area contributed by atoms with Gasteiger partial charge in [0.1, 0.15) is 0 Å². The number of carbonyl (C=O) groups is 3. The van der Waals surface area contributed by atoms with E-state index < -0.39 is 0 Å². The number of aryl methyl sites for hydroxylation is 2. The number of amides is 2. The highest BCUT2D eigenvalue weighted by Crippen LogP contribution is 2.26. The number of fused-ring (bicyclic) bond motifs is 1. The predicted molar refractivity (Wildman–Crippen MR) is 126 cm³/mol. The summed E-state index contributed by atoms with van der Waals surface area (Å²) in [5, 5.41) is 2.86. The number of anilines is 1. The summed E-state index contributed by atoms with van der Waals surface area (Å²) >= 11 is 0. The number of para-hydroxylation sites is 1.